The average Bonchev–Trinajstić information content (AvgIpc) is 3.49. The fourth-order valence-electron chi connectivity index (χ4n) is 4.56. The van der Waals surface area contributed by atoms with Crippen molar-refractivity contribution in [3.05, 3.63) is 35.9 Å². The summed E-state index contributed by atoms with van der Waals surface area (Å²) in [5.41, 5.74) is 1.22. The van der Waals surface area contributed by atoms with Crippen molar-refractivity contribution >= 4 is 11.8 Å². The summed E-state index contributed by atoms with van der Waals surface area (Å²) in [6, 6.07) is 10.6. The van der Waals surface area contributed by atoms with Crippen LogP contribution < -0.4 is 0 Å². The van der Waals surface area contributed by atoms with Crippen LogP contribution in [0.25, 0.3) is 0 Å². The monoisotopic (exact) mass is 342 g/mol. The highest BCUT2D eigenvalue weighted by Gasteiger charge is 2.49. The lowest BCUT2D eigenvalue weighted by Gasteiger charge is -2.50. The van der Waals surface area contributed by atoms with Gasteiger partial charge in [0.1, 0.15) is 6.61 Å². The Hall–Kier alpha value is -1.88. The van der Waals surface area contributed by atoms with Gasteiger partial charge in [0.25, 0.3) is 0 Å². The molecule has 0 radical (unpaired) electrons. The van der Waals surface area contributed by atoms with Crippen LogP contribution in [0, 0.1) is 5.41 Å². The van der Waals surface area contributed by atoms with Crippen molar-refractivity contribution in [2.24, 2.45) is 5.41 Å². The van der Waals surface area contributed by atoms with Crippen molar-refractivity contribution in [3.63, 3.8) is 0 Å². The molecule has 0 bridgehead atoms. The lowest BCUT2D eigenvalue weighted by molar-refractivity contribution is -0.146. The fourth-order valence-corrected chi connectivity index (χ4v) is 4.56. The highest BCUT2D eigenvalue weighted by molar-refractivity contribution is 5.85. The van der Waals surface area contributed by atoms with E-state index in [1.54, 1.807) is 4.90 Å². The highest BCUT2D eigenvalue weighted by Crippen LogP contribution is 2.48. The van der Waals surface area contributed by atoms with Crippen molar-refractivity contribution in [1.29, 1.82) is 0 Å². The van der Waals surface area contributed by atoms with E-state index in [0.717, 1.165) is 44.2 Å². The summed E-state index contributed by atoms with van der Waals surface area (Å²) in [7, 11) is 0. The summed E-state index contributed by atoms with van der Waals surface area (Å²) in [6.45, 7) is 1.80. The number of hydrogen-bond donors (Lipinski definition) is 1. The summed E-state index contributed by atoms with van der Waals surface area (Å²) in [6.07, 6.45) is 4.95. The van der Waals surface area contributed by atoms with Gasteiger partial charge in [-0.1, -0.05) is 30.3 Å². The summed E-state index contributed by atoms with van der Waals surface area (Å²) in [5.74, 6) is 0.0456. The Kier molecular flexibility index (Phi) is 4.28. The summed E-state index contributed by atoms with van der Waals surface area (Å²) in [5, 5.41) is 9.09. The summed E-state index contributed by atoms with van der Waals surface area (Å²) < 4.78 is 0. The molecule has 1 aromatic rings. The Labute approximate surface area is 148 Å². The number of rotatable bonds is 3. The molecule has 1 aliphatic carbocycles. The number of aliphatic hydroxyl groups is 1. The van der Waals surface area contributed by atoms with Crippen LogP contribution in [0.15, 0.2) is 30.3 Å². The molecule has 0 unspecified atom stereocenters. The topological polar surface area (TPSA) is 60.9 Å². The predicted octanol–water partition coefficient (Wildman–Crippen LogP) is 1.77. The number of nitrogens with zero attached hydrogens (tertiary/aromatic N) is 2. The summed E-state index contributed by atoms with van der Waals surface area (Å²) in [4.78, 5) is 28.7. The van der Waals surface area contributed by atoms with Crippen molar-refractivity contribution in [1.82, 2.24) is 9.80 Å². The highest BCUT2D eigenvalue weighted by atomic mass is 16.3. The Morgan fingerprint density at radius 2 is 1.84 bits per heavy atom. The van der Waals surface area contributed by atoms with Gasteiger partial charge in [0.15, 0.2) is 0 Å². The van der Waals surface area contributed by atoms with Gasteiger partial charge in [-0.25, -0.2) is 0 Å². The molecule has 1 N–H and O–H groups in total. The van der Waals surface area contributed by atoms with Crippen LogP contribution in [0.1, 0.15) is 43.6 Å². The van der Waals surface area contributed by atoms with Gasteiger partial charge in [0.05, 0.1) is 5.92 Å². The quantitative estimate of drug-likeness (QED) is 0.911. The van der Waals surface area contributed by atoms with Crippen molar-refractivity contribution in [2.45, 2.75) is 44.1 Å². The Morgan fingerprint density at radius 1 is 1.16 bits per heavy atom. The lowest BCUT2D eigenvalue weighted by Crippen LogP contribution is -2.55. The SMILES string of the molecule is O=C(CO)N1CCC2(CC1)C[C@@H](c1ccccc1)C(=O)N(C1CC1)C2. The number of carbonyl (C=O) groups excluding carboxylic acids is 2. The van der Waals surface area contributed by atoms with Crippen LogP contribution in [-0.2, 0) is 9.59 Å². The number of likely N-dealkylation sites (tertiary alicyclic amines) is 2. The van der Waals surface area contributed by atoms with Gasteiger partial charge in [0.2, 0.25) is 11.8 Å². The molecule has 1 aromatic carbocycles. The van der Waals surface area contributed by atoms with Crippen molar-refractivity contribution in [2.75, 3.05) is 26.2 Å². The molecule has 2 amide bonds. The molecule has 25 heavy (non-hydrogen) atoms. The Morgan fingerprint density at radius 3 is 2.44 bits per heavy atom. The van der Waals surface area contributed by atoms with Crippen LogP contribution in [-0.4, -0.2) is 59.0 Å². The van der Waals surface area contributed by atoms with Crippen LogP contribution in [0.5, 0.6) is 0 Å². The van der Waals surface area contributed by atoms with Crippen LogP contribution in [0.3, 0.4) is 0 Å². The van der Waals surface area contributed by atoms with E-state index in [-0.39, 0.29) is 23.1 Å². The van der Waals surface area contributed by atoms with Gasteiger partial charge in [0, 0.05) is 25.7 Å². The molecule has 1 saturated carbocycles. The molecule has 5 heteroatoms. The van der Waals surface area contributed by atoms with Gasteiger partial charge in [-0.2, -0.15) is 0 Å². The zero-order valence-electron chi connectivity index (χ0n) is 14.6. The molecule has 1 spiro atoms. The molecule has 3 fully saturated rings. The van der Waals surface area contributed by atoms with E-state index >= 15 is 0 Å². The molecular formula is C20H26N2O3. The summed E-state index contributed by atoms with van der Waals surface area (Å²) >= 11 is 0. The molecule has 134 valence electrons. The smallest absolute Gasteiger partial charge is 0.248 e. The van der Waals surface area contributed by atoms with Crippen LogP contribution in [0.4, 0.5) is 0 Å². The largest absolute Gasteiger partial charge is 0.387 e. The molecule has 4 rings (SSSR count). The second-order valence-corrected chi connectivity index (χ2v) is 7.90. The van der Waals surface area contributed by atoms with E-state index in [1.165, 1.54) is 0 Å². The molecule has 1 atom stereocenters. The Balaban J connectivity index is 1.56. The molecule has 2 heterocycles. The average molecular weight is 342 g/mol. The van der Waals surface area contributed by atoms with Crippen molar-refractivity contribution in [3.8, 4) is 0 Å². The standard InChI is InChI=1S/C20H26N2O3/c23-13-18(24)21-10-8-20(9-11-21)12-17(15-4-2-1-3-5-15)19(25)22(14-20)16-6-7-16/h1-5,16-17,23H,6-14H2/t17-/m0/s1. The van der Waals surface area contributed by atoms with Gasteiger partial charge >= 0.3 is 0 Å². The third-order valence-corrected chi connectivity index (χ3v) is 6.23. The number of aliphatic hydroxyl groups excluding tert-OH is 1. The van der Waals surface area contributed by atoms with E-state index in [1.807, 2.05) is 18.2 Å². The number of amides is 2. The maximum absolute atomic E-state index is 13.1. The van der Waals surface area contributed by atoms with Crippen LogP contribution >= 0.6 is 0 Å². The first-order chi connectivity index (χ1) is 12.1. The first kappa shape index (κ1) is 16.6. The van der Waals surface area contributed by atoms with Gasteiger partial charge in [-0.05, 0) is 43.1 Å². The van der Waals surface area contributed by atoms with Crippen molar-refractivity contribution < 1.29 is 14.7 Å². The Bertz CT molecular complexity index is 648. The minimum absolute atomic E-state index is 0.0596. The van der Waals surface area contributed by atoms with E-state index in [9.17, 15) is 9.59 Å². The first-order valence-electron chi connectivity index (χ1n) is 9.36. The zero-order valence-corrected chi connectivity index (χ0v) is 14.6. The first-order valence-corrected chi connectivity index (χ1v) is 9.36. The second kappa shape index (κ2) is 6.45. The van der Waals surface area contributed by atoms with Crippen LogP contribution in [0.2, 0.25) is 0 Å². The molecular weight excluding hydrogens is 316 g/mol. The van der Waals surface area contributed by atoms with E-state index in [2.05, 4.69) is 17.0 Å². The molecule has 3 aliphatic rings. The van der Waals surface area contributed by atoms with E-state index < -0.39 is 6.61 Å². The maximum Gasteiger partial charge on any atom is 0.248 e. The molecule has 2 aliphatic heterocycles. The minimum atomic E-state index is -0.410. The molecule has 0 aromatic heterocycles. The van der Waals surface area contributed by atoms with Gasteiger partial charge in [-0.15, -0.1) is 0 Å². The van der Waals surface area contributed by atoms with Gasteiger partial charge < -0.3 is 14.9 Å². The number of hydrogen-bond acceptors (Lipinski definition) is 3. The van der Waals surface area contributed by atoms with E-state index in [0.29, 0.717) is 19.1 Å². The normalized spacial score (nSPS) is 26.1. The number of carbonyl (C=O) groups is 2. The zero-order chi connectivity index (χ0) is 17.4. The second-order valence-electron chi connectivity index (χ2n) is 7.90. The lowest BCUT2D eigenvalue weighted by atomic mass is 9.67. The fraction of sp³-hybridized carbons (Fsp3) is 0.600. The number of piperidine rings is 2. The van der Waals surface area contributed by atoms with E-state index in [4.69, 9.17) is 5.11 Å². The molecule has 2 saturated heterocycles. The molecule has 5 nitrogen and oxygen atoms in total. The third kappa shape index (κ3) is 3.17. The third-order valence-electron chi connectivity index (χ3n) is 6.23. The van der Waals surface area contributed by atoms with Gasteiger partial charge in [-0.3, -0.25) is 9.59 Å². The predicted molar refractivity (Wildman–Crippen MR) is 93.9 cm³/mol. The maximum atomic E-state index is 13.1. The number of benzene rings is 1. The minimum Gasteiger partial charge on any atom is -0.387 e.